The Morgan fingerprint density at radius 3 is 2.92 bits per heavy atom. The van der Waals surface area contributed by atoms with Gasteiger partial charge in [0.1, 0.15) is 11.5 Å². The summed E-state index contributed by atoms with van der Waals surface area (Å²) < 4.78 is 11.0. The molecule has 5 heteroatoms. The highest BCUT2D eigenvalue weighted by Gasteiger charge is 2.18. The van der Waals surface area contributed by atoms with Crippen LogP contribution in [0.25, 0.3) is 11.3 Å². The zero-order valence-electron chi connectivity index (χ0n) is 14.8. The first kappa shape index (κ1) is 17.7. The van der Waals surface area contributed by atoms with Gasteiger partial charge in [-0.25, -0.2) is 0 Å². The molecule has 0 N–H and O–H groups in total. The summed E-state index contributed by atoms with van der Waals surface area (Å²) in [5.74, 6) is 1.05. The molecule has 5 nitrogen and oxygen atoms in total. The Labute approximate surface area is 148 Å². The van der Waals surface area contributed by atoms with Gasteiger partial charge < -0.3 is 14.2 Å². The topological polar surface area (TPSA) is 55.6 Å². The molecule has 0 bridgehead atoms. The molecule has 1 atom stereocenters. The van der Waals surface area contributed by atoms with Gasteiger partial charge in [-0.15, -0.1) is 0 Å². The van der Waals surface area contributed by atoms with Crippen molar-refractivity contribution in [1.82, 2.24) is 10.1 Å². The Balaban J connectivity index is 1.38. The van der Waals surface area contributed by atoms with Crippen LogP contribution in [-0.4, -0.2) is 42.3 Å². The van der Waals surface area contributed by atoms with Crippen molar-refractivity contribution < 1.29 is 14.1 Å². The number of aryl methyl sites for hydroxylation is 1. The fraction of sp³-hybridized carbons (Fsp3) is 0.500. The number of aromatic nitrogens is 1. The first-order chi connectivity index (χ1) is 12.2. The molecule has 1 saturated heterocycles. The van der Waals surface area contributed by atoms with Crippen molar-refractivity contribution in [2.75, 3.05) is 20.2 Å². The molecule has 25 heavy (non-hydrogen) atoms. The monoisotopic (exact) mass is 342 g/mol. The maximum atomic E-state index is 12.2. The molecule has 134 valence electrons. The van der Waals surface area contributed by atoms with Crippen LogP contribution in [0.4, 0.5) is 0 Å². The second kappa shape index (κ2) is 8.81. The summed E-state index contributed by atoms with van der Waals surface area (Å²) in [6.45, 7) is 1.57. The van der Waals surface area contributed by atoms with Crippen molar-refractivity contribution in [2.45, 2.75) is 44.6 Å². The van der Waals surface area contributed by atoms with E-state index in [-0.39, 0.29) is 12.0 Å². The fourth-order valence-electron chi connectivity index (χ4n) is 3.14. The molecule has 1 amide bonds. The van der Waals surface area contributed by atoms with Gasteiger partial charge in [-0.2, -0.15) is 0 Å². The molecule has 0 saturated carbocycles. The number of nitrogens with zero attached hydrogens (tertiary/aromatic N) is 2. The fourth-order valence-corrected chi connectivity index (χ4v) is 3.14. The first-order valence-electron chi connectivity index (χ1n) is 9.09. The van der Waals surface area contributed by atoms with E-state index in [1.807, 2.05) is 48.3 Å². The normalized spacial score (nSPS) is 16.9. The summed E-state index contributed by atoms with van der Waals surface area (Å²) in [5.41, 5.74) is 1.91. The summed E-state index contributed by atoms with van der Waals surface area (Å²) in [5, 5.41) is 4.12. The van der Waals surface area contributed by atoms with E-state index >= 15 is 0 Å². The van der Waals surface area contributed by atoms with Gasteiger partial charge in [-0.05, 0) is 25.7 Å². The van der Waals surface area contributed by atoms with Crippen LogP contribution in [0.3, 0.4) is 0 Å². The Kier molecular flexibility index (Phi) is 6.23. The third kappa shape index (κ3) is 5.16. The average molecular weight is 342 g/mol. The zero-order chi connectivity index (χ0) is 17.5. The molecule has 1 fully saturated rings. The number of ether oxygens (including phenoxy) is 1. The summed E-state index contributed by atoms with van der Waals surface area (Å²) in [7, 11) is 1.87. The van der Waals surface area contributed by atoms with Gasteiger partial charge in [-0.1, -0.05) is 35.5 Å². The molecule has 1 aliphatic rings. The van der Waals surface area contributed by atoms with Gasteiger partial charge in [0.25, 0.3) is 0 Å². The lowest BCUT2D eigenvalue weighted by Gasteiger charge is -2.17. The minimum atomic E-state index is 0.193. The van der Waals surface area contributed by atoms with Crippen LogP contribution in [0.2, 0.25) is 0 Å². The number of hydrogen-bond donors (Lipinski definition) is 0. The van der Waals surface area contributed by atoms with Gasteiger partial charge in [0.15, 0.2) is 0 Å². The zero-order valence-corrected chi connectivity index (χ0v) is 14.8. The number of benzene rings is 1. The SMILES string of the molecule is CN(CCCc1cc(-c2ccccc2)no1)C(=O)CC[C@H]1CCCO1. The second-order valence-electron chi connectivity index (χ2n) is 6.64. The summed E-state index contributed by atoms with van der Waals surface area (Å²) in [6.07, 6.45) is 5.55. The van der Waals surface area contributed by atoms with Crippen LogP contribution in [0.15, 0.2) is 40.9 Å². The van der Waals surface area contributed by atoms with Gasteiger partial charge in [0.2, 0.25) is 5.91 Å². The molecule has 2 aromatic rings. The van der Waals surface area contributed by atoms with Gasteiger partial charge in [0.05, 0.1) is 6.10 Å². The molecule has 0 aliphatic carbocycles. The van der Waals surface area contributed by atoms with E-state index in [1.165, 1.54) is 0 Å². The smallest absolute Gasteiger partial charge is 0.222 e. The van der Waals surface area contributed by atoms with Crippen LogP contribution in [0, 0.1) is 0 Å². The van der Waals surface area contributed by atoms with E-state index < -0.39 is 0 Å². The van der Waals surface area contributed by atoms with E-state index in [2.05, 4.69) is 5.16 Å². The van der Waals surface area contributed by atoms with E-state index in [1.54, 1.807) is 0 Å². The van der Waals surface area contributed by atoms with Crippen molar-refractivity contribution in [2.24, 2.45) is 0 Å². The van der Waals surface area contributed by atoms with Gasteiger partial charge in [-0.3, -0.25) is 4.79 Å². The number of carbonyl (C=O) groups is 1. The molecule has 0 spiro atoms. The van der Waals surface area contributed by atoms with Crippen LogP contribution < -0.4 is 0 Å². The third-order valence-corrected chi connectivity index (χ3v) is 4.68. The molecule has 3 rings (SSSR count). The lowest BCUT2D eigenvalue weighted by molar-refractivity contribution is -0.130. The lowest BCUT2D eigenvalue weighted by atomic mass is 10.1. The average Bonchev–Trinajstić information content (AvgIpc) is 3.32. The first-order valence-corrected chi connectivity index (χ1v) is 9.09. The number of carbonyl (C=O) groups excluding carboxylic acids is 1. The van der Waals surface area contributed by atoms with Crippen molar-refractivity contribution in [3.63, 3.8) is 0 Å². The predicted octanol–water partition coefficient (Wildman–Crippen LogP) is 3.69. The number of amides is 1. The van der Waals surface area contributed by atoms with Crippen molar-refractivity contribution in [3.8, 4) is 11.3 Å². The van der Waals surface area contributed by atoms with Crippen LogP contribution in [0.1, 0.15) is 37.9 Å². The van der Waals surface area contributed by atoms with Crippen molar-refractivity contribution in [3.05, 3.63) is 42.2 Å². The van der Waals surface area contributed by atoms with E-state index in [9.17, 15) is 4.79 Å². The highest BCUT2D eigenvalue weighted by Crippen LogP contribution is 2.20. The highest BCUT2D eigenvalue weighted by atomic mass is 16.5. The van der Waals surface area contributed by atoms with E-state index in [4.69, 9.17) is 9.26 Å². The Hall–Kier alpha value is -2.14. The predicted molar refractivity (Wildman–Crippen MR) is 96.1 cm³/mol. The maximum absolute atomic E-state index is 12.2. The highest BCUT2D eigenvalue weighted by molar-refractivity contribution is 5.75. The Morgan fingerprint density at radius 1 is 1.32 bits per heavy atom. The maximum Gasteiger partial charge on any atom is 0.222 e. The van der Waals surface area contributed by atoms with Crippen molar-refractivity contribution in [1.29, 1.82) is 0 Å². The lowest BCUT2D eigenvalue weighted by Crippen LogP contribution is -2.28. The Morgan fingerprint density at radius 2 is 2.16 bits per heavy atom. The van der Waals surface area contributed by atoms with E-state index in [0.29, 0.717) is 6.42 Å². The summed E-state index contributed by atoms with van der Waals surface area (Å²) in [4.78, 5) is 14.0. The van der Waals surface area contributed by atoms with E-state index in [0.717, 1.165) is 62.3 Å². The molecule has 2 heterocycles. The Bertz CT molecular complexity index is 663. The molecule has 0 unspecified atom stereocenters. The minimum Gasteiger partial charge on any atom is -0.378 e. The van der Waals surface area contributed by atoms with Gasteiger partial charge in [0, 0.05) is 44.7 Å². The molecular weight excluding hydrogens is 316 g/mol. The van der Waals surface area contributed by atoms with Gasteiger partial charge >= 0.3 is 0 Å². The number of hydrogen-bond acceptors (Lipinski definition) is 4. The largest absolute Gasteiger partial charge is 0.378 e. The molecule has 1 aromatic carbocycles. The second-order valence-corrected chi connectivity index (χ2v) is 6.64. The standard InChI is InChI=1S/C20H26N2O3/c1-22(20(23)12-11-17-10-6-14-24-17)13-5-9-18-15-19(21-25-18)16-7-3-2-4-8-16/h2-4,7-8,15,17H,5-6,9-14H2,1H3/t17-/m1/s1. The summed E-state index contributed by atoms with van der Waals surface area (Å²) in [6, 6.07) is 12.0. The molecule has 1 aliphatic heterocycles. The van der Waals surface area contributed by atoms with Crippen LogP contribution >= 0.6 is 0 Å². The van der Waals surface area contributed by atoms with Crippen LogP contribution in [0.5, 0.6) is 0 Å². The van der Waals surface area contributed by atoms with Crippen molar-refractivity contribution >= 4 is 5.91 Å². The quantitative estimate of drug-likeness (QED) is 0.734. The summed E-state index contributed by atoms with van der Waals surface area (Å²) >= 11 is 0. The number of rotatable bonds is 8. The minimum absolute atomic E-state index is 0.193. The molecule has 0 radical (unpaired) electrons. The van der Waals surface area contributed by atoms with Crippen LogP contribution in [-0.2, 0) is 16.0 Å². The third-order valence-electron chi connectivity index (χ3n) is 4.68. The molecular formula is C20H26N2O3. The molecule has 1 aromatic heterocycles.